The maximum absolute atomic E-state index is 11.2. The lowest BCUT2D eigenvalue weighted by Gasteiger charge is -2.13. The molecular weight excluding hydrogens is 182 g/mol. The second-order valence-electron chi connectivity index (χ2n) is 3.81. The first-order valence-electron chi connectivity index (χ1n) is 4.91. The first-order chi connectivity index (χ1) is 6.58. The largest absolute Gasteiger partial charge is 0.352 e. The summed E-state index contributed by atoms with van der Waals surface area (Å²) in [5, 5.41) is 8.21. The summed E-state index contributed by atoms with van der Waals surface area (Å²) in [6, 6.07) is 0.0507. The van der Waals surface area contributed by atoms with Crippen LogP contribution >= 0.6 is 0 Å². The molecule has 0 aliphatic carbocycles. The Morgan fingerprint density at radius 2 is 2.36 bits per heavy atom. The maximum Gasteiger partial charge on any atom is 0.315 e. The fourth-order valence-electron chi connectivity index (χ4n) is 1.36. The fourth-order valence-corrected chi connectivity index (χ4v) is 1.36. The molecule has 1 aliphatic rings. The molecule has 1 atom stereocenters. The first-order valence-corrected chi connectivity index (χ1v) is 4.91. The van der Waals surface area contributed by atoms with E-state index in [0.717, 1.165) is 6.42 Å². The highest BCUT2D eigenvalue weighted by Gasteiger charge is 2.20. The standard InChI is InChI=1S/C9H17N3O2/c1-6(2)11-9(14)10-5-7-3-4-8(13)12-7/h6-7H,3-5H2,1-2H3,(H,12,13)(H2,10,11,14). The zero-order chi connectivity index (χ0) is 10.6. The minimum atomic E-state index is -0.179. The molecule has 1 fully saturated rings. The zero-order valence-electron chi connectivity index (χ0n) is 8.59. The van der Waals surface area contributed by atoms with Crippen LogP contribution in [-0.4, -0.2) is 30.6 Å². The summed E-state index contributed by atoms with van der Waals surface area (Å²) in [6.45, 7) is 4.30. The molecule has 5 nitrogen and oxygen atoms in total. The van der Waals surface area contributed by atoms with Gasteiger partial charge in [0.05, 0.1) is 0 Å². The van der Waals surface area contributed by atoms with E-state index in [4.69, 9.17) is 0 Å². The number of amides is 3. The van der Waals surface area contributed by atoms with Gasteiger partial charge in [0.1, 0.15) is 0 Å². The molecule has 0 bridgehead atoms. The van der Waals surface area contributed by atoms with Gasteiger partial charge in [-0.3, -0.25) is 4.79 Å². The van der Waals surface area contributed by atoms with Crippen molar-refractivity contribution < 1.29 is 9.59 Å². The molecule has 0 saturated carbocycles. The SMILES string of the molecule is CC(C)NC(=O)NCC1CCC(=O)N1. The summed E-state index contributed by atoms with van der Waals surface area (Å²) in [6.07, 6.45) is 1.37. The Balaban J connectivity index is 2.14. The fraction of sp³-hybridized carbons (Fsp3) is 0.778. The summed E-state index contributed by atoms with van der Waals surface area (Å²) >= 11 is 0. The Labute approximate surface area is 83.6 Å². The van der Waals surface area contributed by atoms with Crippen molar-refractivity contribution in [1.29, 1.82) is 0 Å². The molecule has 0 aromatic rings. The van der Waals surface area contributed by atoms with Crippen molar-refractivity contribution in [2.24, 2.45) is 0 Å². The number of hydrogen-bond donors (Lipinski definition) is 3. The maximum atomic E-state index is 11.2. The van der Waals surface area contributed by atoms with Gasteiger partial charge in [0, 0.05) is 25.0 Å². The number of urea groups is 1. The van der Waals surface area contributed by atoms with Crippen LogP contribution in [0, 0.1) is 0 Å². The van der Waals surface area contributed by atoms with Crippen LogP contribution in [0.25, 0.3) is 0 Å². The number of carbonyl (C=O) groups excluding carboxylic acids is 2. The van der Waals surface area contributed by atoms with Crippen LogP contribution < -0.4 is 16.0 Å². The van der Waals surface area contributed by atoms with Gasteiger partial charge in [-0.25, -0.2) is 4.79 Å². The van der Waals surface area contributed by atoms with Gasteiger partial charge in [-0.15, -0.1) is 0 Å². The second kappa shape index (κ2) is 4.83. The molecule has 14 heavy (non-hydrogen) atoms. The van der Waals surface area contributed by atoms with Crippen LogP contribution in [-0.2, 0) is 4.79 Å². The van der Waals surface area contributed by atoms with Gasteiger partial charge in [0.15, 0.2) is 0 Å². The Morgan fingerprint density at radius 3 is 2.86 bits per heavy atom. The highest BCUT2D eigenvalue weighted by molar-refractivity contribution is 5.79. The molecule has 3 N–H and O–H groups in total. The van der Waals surface area contributed by atoms with E-state index in [1.807, 2.05) is 13.8 Å². The second-order valence-corrected chi connectivity index (χ2v) is 3.81. The number of carbonyl (C=O) groups is 2. The normalized spacial score (nSPS) is 20.8. The van der Waals surface area contributed by atoms with E-state index < -0.39 is 0 Å². The number of hydrogen-bond acceptors (Lipinski definition) is 2. The summed E-state index contributed by atoms with van der Waals surface area (Å²) in [5.41, 5.74) is 0. The van der Waals surface area contributed by atoms with E-state index >= 15 is 0 Å². The predicted molar refractivity (Wildman–Crippen MR) is 52.8 cm³/mol. The van der Waals surface area contributed by atoms with E-state index in [1.165, 1.54) is 0 Å². The Kier molecular flexibility index (Phi) is 3.73. The minimum absolute atomic E-state index is 0.0704. The molecule has 1 aliphatic heterocycles. The van der Waals surface area contributed by atoms with Crippen molar-refractivity contribution in [3.63, 3.8) is 0 Å². The minimum Gasteiger partial charge on any atom is -0.352 e. The van der Waals surface area contributed by atoms with E-state index in [-0.39, 0.29) is 24.0 Å². The van der Waals surface area contributed by atoms with Crippen LogP contribution in [0.15, 0.2) is 0 Å². The van der Waals surface area contributed by atoms with Gasteiger partial charge in [0.2, 0.25) is 5.91 Å². The topological polar surface area (TPSA) is 70.2 Å². The van der Waals surface area contributed by atoms with Crippen molar-refractivity contribution in [2.75, 3.05) is 6.54 Å². The van der Waals surface area contributed by atoms with Gasteiger partial charge in [-0.05, 0) is 20.3 Å². The van der Waals surface area contributed by atoms with Crippen LogP contribution in [0.2, 0.25) is 0 Å². The van der Waals surface area contributed by atoms with Crippen LogP contribution in [0.4, 0.5) is 4.79 Å². The highest BCUT2D eigenvalue weighted by Crippen LogP contribution is 2.04. The first kappa shape index (κ1) is 10.8. The molecule has 0 spiro atoms. The van der Waals surface area contributed by atoms with Gasteiger partial charge >= 0.3 is 6.03 Å². The lowest BCUT2D eigenvalue weighted by Crippen LogP contribution is -2.44. The quantitative estimate of drug-likeness (QED) is 0.597. The molecule has 3 amide bonds. The van der Waals surface area contributed by atoms with Crippen LogP contribution in [0.3, 0.4) is 0 Å². The summed E-state index contributed by atoms with van der Waals surface area (Å²) in [4.78, 5) is 22.0. The summed E-state index contributed by atoms with van der Waals surface area (Å²) < 4.78 is 0. The predicted octanol–water partition coefficient (Wildman–Crippen LogP) is -0.0274. The van der Waals surface area contributed by atoms with Crippen molar-refractivity contribution in [3.05, 3.63) is 0 Å². The molecule has 1 rings (SSSR count). The van der Waals surface area contributed by atoms with Gasteiger partial charge in [-0.1, -0.05) is 0 Å². The molecule has 0 radical (unpaired) electrons. The third-order valence-corrected chi connectivity index (χ3v) is 2.01. The van der Waals surface area contributed by atoms with E-state index in [1.54, 1.807) is 0 Å². The lowest BCUT2D eigenvalue weighted by atomic mass is 10.2. The van der Waals surface area contributed by atoms with Crippen molar-refractivity contribution in [3.8, 4) is 0 Å². The molecule has 5 heteroatoms. The molecule has 80 valence electrons. The van der Waals surface area contributed by atoms with Crippen molar-refractivity contribution >= 4 is 11.9 Å². The Bertz CT molecular complexity index is 228. The third kappa shape index (κ3) is 3.64. The number of nitrogens with one attached hydrogen (secondary N) is 3. The average molecular weight is 199 g/mol. The summed E-state index contributed by atoms with van der Waals surface area (Å²) in [5.74, 6) is 0.0704. The number of rotatable bonds is 3. The monoisotopic (exact) mass is 199 g/mol. The zero-order valence-corrected chi connectivity index (χ0v) is 8.59. The molecule has 0 aromatic carbocycles. The van der Waals surface area contributed by atoms with Gasteiger partial charge in [-0.2, -0.15) is 0 Å². The van der Waals surface area contributed by atoms with Gasteiger partial charge in [0.25, 0.3) is 0 Å². The third-order valence-electron chi connectivity index (χ3n) is 2.01. The molecular formula is C9H17N3O2. The lowest BCUT2D eigenvalue weighted by molar-refractivity contribution is -0.119. The van der Waals surface area contributed by atoms with Crippen LogP contribution in [0.5, 0.6) is 0 Å². The molecule has 0 aromatic heterocycles. The summed E-state index contributed by atoms with van der Waals surface area (Å²) in [7, 11) is 0. The Morgan fingerprint density at radius 1 is 1.64 bits per heavy atom. The smallest absolute Gasteiger partial charge is 0.315 e. The molecule has 1 unspecified atom stereocenters. The van der Waals surface area contributed by atoms with Crippen molar-refractivity contribution in [1.82, 2.24) is 16.0 Å². The highest BCUT2D eigenvalue weighted by atomic mass is 16.2. The molecule has 1 saturated heterocycles. The van der Waals surface area contributed by atoms with Crippen LogP contribution in [0.1, 0.15) is 26.7 Å². The van der Waals surface area contributed by atoms with Gasteiger partial charge < -0.3 is 16.0 Å². The molecule has 1 heterocycles. The van der Waals surface area contributed by atoms with E-state index in [2.05, 4.69) is 16.0 Å². The van der Waals surface area contributed by atoms with E-state index in [0.29, 0.717) is 13.0 Å². The van der Waals surface area contributed by atoms with Crippen molar-refractivity contribution in [2.45, 2.75) is 38.8 Å². The average Bonchev–Trinajstić information content (AvgIpc) is 2.47. The Hall–Kier alpha value is -1.26. The van der Waals surface area contributed by atoms with E-state index in [9.17, 15) is 9.59 Å².